The number of phosphoric ester groups is 3. The normalized spacial score (nSPS) is 30.5. The van der Waals surface area contributed by atoms with Crippen molar-refractivity contribution in [2.24, 2.45) is 7.05 Å². The monoisotopic (exact) mass is 1160 g/mol. The van der Waals surface area contributed by atoms with Crippen molar-refractivity contribution in [2.45, 2.75) is 71.9 Å². The zero-order chi connectivity index (χ0) is 54.3. The minimum absolute atomic E-state index is 0.0214. The molecule has 75 heavy (non-hydrogen) atoms. The zero-order valence-corrected chi connectivity index (χ0v) is 42.2. The first-order valence-electron chi connectivity index (χ1n) is 21.1. The number of nitrogen functional groups attached to an aromatic ring is 3. The number of rotatable bonds is 19. The number of ether oxygens (including phenoxy) is 3. The Kier molecular flexibility index (Phi) is 15.1. The summed E-state index contributed by atoms with van der Waals surface area (Å²) in [6, 6.07) is 0. The van der Waals surface area contributed by atoms with E-state index < -0.39 is 134 Å². The Morgan fingerprint density at radius 1 is 0.733 bits per heavy atom. The van der Waals surface area contributed by atoms with Crippen LogP contribution in [0.5, 0.6) is 0 Å². The van der Waals surface area contributed by atoms with Crippen LogP contribution >= 0.6 is 43.1 Å². The molecule has 0 bridgehead atoms. The van der Waals surface area contributed by atoms with Gasteiger partial charge in [-0.15, -0.1) is 11.8 Å². The number of nitrogens with two attached hydrogens (primary N) is 3. The highest BCUT2D eigenvalue weighted by Crippen LogP contribution is 2.63. The molecule has 0 saturated carbocycles. The summed E-state index contributed by atoms with van der Waals surface area (Å²) in [5, 5.41) is 40.9. The molecule has 6 aromatic rings. The van der Waals surface area contributed by atoms with E-state index in [1.165, 1.54) is 22.5 Å². The van der Waals surface area contributed by atoms with Crippen LogP contribution in [0.15, 0.2) is 34.9 Å². The van der Waals surface area contributed by atoms with Gasteiger partial charge in [0.2, 0.25) is 17.7 Å². The maximum Gasteiger partial charge on any atom is 0.313 e. The van der Waals surface area contributed by atoms with Gasteiger partial charge in [-0.05, 0) is 0 Å². The third-order valence-electron chi connectivity index (χ3n) is 11.5. The number of H-pyrrole nitrogens is 2. The van der Waals surface area contributed by atoms with Gasteiger partial charge in [0.1, 0.15) is 59.9 Å². The number of fused-ring (bicyclic) bond motifs is 3. The van der Waals surface area contributed by atoms with Gasteiger partial charge in [0.25, 0.3) is 48.4 Å². The quantitative estimate of drug-likeness (QED) is 0.0269. The van der Waals surface area contributed by atoms with Crippen LogP contribution in [0.25, 0.3) is 33.5 Å². The van der Waals surface area contributed by atoms with E-state index in [-0.39, 0.29) is 51.2 Å². The fourth-order valence-electron chi connectivity index (χ4n) is 8.26. The minimum Gasteiger partial charge on any atom is -0.756 e. The zero-order valence-electron chi connectivity index (χ0n) is 37.8. The number of aliphatic hydroxyl groups excluding tert-OH is 4. The fraction of sp³-hybridized carbons (Fsp3) is 0.531. The van der Waals surface area contributed by atoms with Crippen molar-refractivity contribution in [3.05, 3.63) is 46.0 Å². The van der Waals surface area contributed by atoms with Crippen LogP contribution in [0.4, 0.5) is 17.7 Å². The molecule has 12 N–H and O–H groups in total. The molecule has 0 spiro atoms. The Hall–Kier alpha value is -4.76. The van der Waals surface area contributed by atoms with E-state index in [2.05, 4.69) is 53.0 Å². The molecule has 3 fully saturated rings. The largest absolute Gasteiger partial charge is 0.756 e. The maximum absolute atomic E-state index is 13.6. The second-order valence-electron chi connectivity index (χ2n) is 16.4. The van der Waals surface area contributed by atoms with Crippen molar-refractivity contribution in [3.8, 4) is 0 Å². The summed E-state index contributed by atoms with van der Waals surface area (Å²) < 4.78 is 101. The summed E-state index contributed by atoms with van der Waals surface area (Å²) in [6.07, 6.45) is -12.9. The summed E-state index contributed by atoms with van der Waals surface area (Å²) in [5.74, 6) is -0.723. The Bertz CT molecular complexity index is 3470. The van der Waals surface area contributed by atoms with E-state index >= 15 is 0 Å². The molecule has 6 aromatic heterocycles. The third-order valence-corrected chi connectivity index (χ3v) is 18.2. The molecule has 3 saturated heterocycles. The number of methoxy groups -OCH3 is 1. The van der Waals surface area contributed by atoms with Gasteiger partial charge in [0.05, 0.1) is 50.9 Å². The SMILES string of the molecule is COC1C(OP(=O)([O-])OCC2SC(n3cnc4c(=O)[nH]c(N)nc43)C(O)C2O)C(COP(=O)([O-])OP(=O)([O-])OP(=O)([O-])OCC2OC([n+]3cn(C)c4c(=O)[nH]c(N)nc43)C(O)C2O)OC1n1cnc2c(N)ncnc21. The van der Waals surface area contributed by atoms with Crippen molar-refractivity contribution in [2.75, 3.05) is 44.1 Å². The highest BCUT2D eigenvalue weighted by Gasteiger charge is 2.51. The number of aromatic amines is 2. The summed E-state index contributed by atoms with van der Waals surface area (Å²) in [4.78, 5) is 105. The molecule has 16 unspecified atom stereocenters. The number of aliphatic hydroxyl groups is 4. The van der Waals surface area contributed by atoms with E-state index in [0.717, 1.165) is 47.0 Å². The smallest absolute Gasteiger partial charge is 0.313 e. The highest BCUT2D eigenvalue weighted by atomic mass is 32.2. The van der Waals surface area contributed by atoms with Gasteiger partial charge in [0.15, 0.2) is 35.2 Å². The van der Waals surface area contributed by atoms with Crippen LogP contribution in [0.1, 0.15) is 17.8 Å². The summed E-state index contributed by atoms with van der Waals surface area (Å²) in [6.45, 7) is -3.52. The first kappa shape index (κ1) is 55.0. The average molecular weight is 1160 g/mol. The molecule has 0 amide bonds. The lowest BCUT2D eigenvalue weighted by molar-refractivity contribution is -0.745. The van der Waals surface area contributed by atoms with Crippen LogP contribution < -0.4 is 52.5 Å². The standard InChI is InChI=1S/C32H43N15O23P4S/c1-44-9-47(25-15(44)27(53)43-32(35)41-25)28-18(50)16(48)10(66-28)3-63-72(56,57)69-74(60,61)70-73(58,59)64-4-11-20(21(62-2)29(67-11)45-7-38-13-22(33)36-6-37-23(13)45)68-71(54,55)65-5-12-17(49)19(51)30(75-12)46-8-39-14-24(46)40-31(34)42-26(14)52/h6-12,16-21,28-30,48-51H,3-5H2,1-2H3,(H11-,33,34,35,36,37,40,41,42,43,52,53,54,55,56,57,58,59,60,61)/p-3. The van der Waals surface area contributed by atoms with Crippen molar-refractivity contribution in [1.29, 1.82) is 0 Å². The van der Waals surface area contributed by atoms with E-state index in [9.17, 15) is 67.8 Å². The average Bonchev–Trinajstić information content (AvgIpc) is 4.17. The number of hydrogen-bond donors (Lipinski definition) is 9. The predicted molar refractivity (Wildman–Crippen MR) is 237 cm³/mol. The molecular weight excluding hydrogens is 1120 g/mol. The predicted octanol–water partition coefficient (Wildman–Crippen LogP) is -6.52. The second-order valence-corrected chi connectivity index (χ2v) is 23.6. The first-order valence-corrected chi connectivity index (χ1v) is 27.9. The summed E-state index contributed by atoms with van der Waals surface area (Å²) in [5.41, 5.74) is 15.4. The fourth-order valence-corrected chi connectivity index (χ4v) is 14.1. The lowest BCUT2D eigenvalue weighted by atomic mass is 10.1. The molecule has 3 aliphatic rings. The summed E-state index contributed by atoms with van der Waals surface area (Å²) in [7, 11) is -22.3. The lowest BCUT2D eigenvalue weighted by Gasteiger charge is -2.35. The Morgan fingerprint density at radius 3 is 2.05 bits per heavy atom. The summed E-state index contributed by atoms with van der Waals surface area (Å²) >= 11 is 0.793. The van der Waals surface area contributed by atoms with Crippen LogP contribution in [0, 0.1) is 0 Å². The third kappa shape index (κ3) is 11.1. The van der Waals surface area contributed by atoms with Crippen molar-refractivity contribution >= 4 is 94.3 Å². The number of aryl methyl sites for hydroxylation is 1. The van der Waals surface area contributed by atoms with Crippen LogP contribution in [-0.2, 0) is 66.2 Å². The van der Waals surface area contributed by atoms with E-state index in [4.69, 9.17) is 45.0 Å². The molecule has 43 heteroatoms. The molecule has 9 heterocycles. The van der Waals surface area contributed by atoms with Crippen molar-refractivity contribution in [1.82, 2.24) is 53.6 Å². The molecule has 0 aromatic carbocycles. The highest BCUT2D eigenvalue weighted by molar-refractivity contribution is 8.00. The minimum atomic E-state index is -6.58. The molecular formula is C32H40N15O23P4S-3. The number of aromatic nitrogens is 12. The van der Waals surface area contributed by atoms with E-state index in [1.54, 1.807) is 0 Å². The van der Waals surface area contributed by atoms with Crippen molar-refractivity contribution < 1.29 is 104 Å². The number of anilines is 3. The topological polar surface area (TPSA) is 564 Å². The number of nitrogens with one attached hydrogen (secondary N) is 2. The van der Waals surface area contributed by atoms with Gasteiger partial charge in [-0.2, -0.15) is 4.98 Å². The first-order chi connectivity index (χ1) is 35.2. The van der Waals surface area contributed by atoms with Crippen LogP contribution in [0.2, 0.25) is 0 Å². The van der Waals surface area contributed by atoms with Crippen molar-refractivity contribution in [3.63, 3.8) is 0 Å². The number of nitrogens with zero attached hydrogens (tertiary/aromatic N) is 10. The maximum atomic E-state index is 13.6. The molecule has 3 aliphatic heterocycles. The Labute approximate surface area is 419 Å². The van der Waals surface area contributed by atoms with Gasteiger partial charge < -0.3 is 89.5 Å². The Balaban J connectivity index is 0.862. The van der Waals surface area contributed by atoms with Gasteiger partial charge in [0, 0.05) is 7.11 Å². The number of imidazole rings is 3. The molecule has 0 radical (unpaired) electrons. The molecule has 9 rings (SSSR count). The van der Waals surface area contributed by atoms with Gasteiger partial charge in [-0.3, -0.25) is 51.5 Å². The van der Waals surface area contributed by atoms with Gasteiger partial charge >= 0.3 is 5.65 Å². The van der Waals surface area contributed by atoms with Gasteiger partial charge in [-0.25, -0.2) is 33.1 Å². The number of hydrogen-bond acceptors (Lipinski definition) is 33. The van der Waals surface area contributed by atoms with Crippen LogP contribution in [0.3, 0.4) is 0 Å². The van der Waals surface area contributed by atoms with E-state index in [0.29, 0.717) is 0 Å². The molecule has 16 atom stereocenters. The number of phosphoric acid groups is 4. The number of thioether (sulfide) groups is 1. The Morgan fingerprint density at radius 2 is 1.36 bits per heavy atom. The molecule has 410 valence electrons. The second kappa shape index (κ2) is 20.6. The molecule has 0 aliphatic carbocycles. The van der Waals surface area contributed by atoms with Gasteiger partial charge in [-0.1, -0.05) is 4.98 Å². The van der Waals surface area contributed by atoms with Crippen LogP contribution in [-0.4, -0.2) is 155 Å². The molecule has 38 nitrogen and oxygen atoms in total. The van der Waals surface area contributed by atoms with E-state index in [1.807, 2.05) is 0 Å². The lowest BCUT2D eigenvalue weighted by Crippen LogP contribution is -2.46.